The van der Waals surface area contributed by atoms with Crippen molar-refractivity contribution in [2.75, 3.05) is 32.8 Å². The highest BCUT2D eigenvalue weighted by atomic mass is 16.3. The Morgan fingerprint density at radius 3 is 2.86 bits per heavy atom. The molecule has 5 atom stereocenters. The first-order chi connectivity index (χ1) is 10.8. The molecule has 0 aromatic rings. The minimum absolute atomic E-state index is 0.154. The number of hydrogen-bond acceptors (Lipinski definition) is 4. The van der Waals surface area contributed by atoms with Crippen molar-refractivity contribution < 1.29 is 9.90 Å². The number of carbonyl (C=O) groups is 1. The Labute approximate surface area is 133 Å². The van der Waals surface area contributed by atoms with E-state index in [0.29, 0.717) is 36.8 Å². The van der Waals surface area contributed by atoms with Crippen LogP contribution in [0.1, 0.15) is 38.5 Å². The summed E-state index contributed by atoms with van der Waals surface area (Å²) in [5.74, 6) is 1.73. The predicted octanol–water partition coefficient (Wildman–Crippen LogP) is 0.432. The Morgan fingerprint density at radius 1 is 1.23 bits per heavy atom. The van der Waals surface area contributed by atoms with Crippen molar-refractivity contribution in [3.63, 3.8) is 0 Å². The molecule has 4 fully saturated rings. The molecule has 0 aliphatic carbocycles. The number of carbonyl (C=O) groups excluding carboxylic acids is 1. The number of fused-ring (bicyclic) bond motifs is 2. The molecule has 4 aliphatic heterocycles. The molecule has 0 aromatic carbocycles. The summed E-state index contributed by atoms with van der Waals surface area (Å²) in [6, 6.07) is 1.42. The van der Waals surface area contributed by atoms with Crippen LogP contribution in [0.5, 0.6) is 0 Å². The van der Waals surface area contributed by atoms with Crippen molar-refractivity contribution in [1.82, 2.24) is 15.1 Å². The summed E-state index contributed by atoms with van der Waals surface area (Å²) in [5.41, 5.74) is 0. The summed E-state index contributed by atoms with van der Waals surface area (Å²) in [4.78, 5) is 17.6. The first kappa shape index (κ1) is 14.9. The third-order valence-corrected chi connectivity index (χ3v) is 6.48. The van der Waals surface area contributed by atoms with Gasteiger partial charge in [-0.15, -0.1) is 0 Å². The molecule has 5 heteroatoms. The van der Waals surface area contributed by atoms with Crippen molar-refractivity contribution in [3.8, 4) is 0 Å². The summed E-state index contributed by atoms with van der Waals surface area (Å²) in [6.07, 6.45) is 6.89. The molecular weight excluding hydrogens is 278 g/mol. The largest absolute Gasteiger partial charge is 0.395 e. The van der Waals surface area contributed by atoms with Crippen LogP contribution in [0.4, 0.5) is 0 Å². The zero-order valence-electron chi connectivity index (χ0n) is 13.4. The number of piperidine rings is 4. The molecule has 4 rings (SSSR count). The van der Waals surface area contributed by atoms with Gasteiger partial charge in [0.2, 0.25) is 5.91 Å². The number of rotatable bonds is 3. The van der Waals surface area contributed by atoms with Crippen LogP contribution in [0, 0.1) is 11.8 Å². The van der Waals surface area contributed by atoms with Crippen LogP contribution in [-0.4, -0.2) is 71.7 Å². The van der Waals surface area contributed by atoms with Crippen LogP contribution in [-0.2, 0) is 4.79 Å². The van der Waals surface area contributed by atoms with Crippen LogP contribution in [0.25, 0.3) is 0 Å². The van der Waals surface area contributed by atoms with Gasteiger partial charge in [-0.1, -0.05) is 0 Å². The molecule has 0 radical (unpaired) electrons. The van der Waals surface area contributed by atoms with Crippen molar-refractivity contribution in [2.45, 2.75) is 56.7 Å². The predicted molar refractivity (Wildman–Crippen MR) is 84.4 cm³/mol. The second-order valence-corrected chi connectivity index (χ2v) is 7.66. The van der Waals surface area contributed by atoms with Gasteiger partial charge in [0.05, 0.1) is 6.61 Å². The molecule has 1 amide bonds. The monoisotopic (exact) mass is 307 g/mol. The minimum Gasteiger partial charge on any atom is -0.395 e. The Balaban J connectivity index is 1.54. The lowest BCUT2D eigenvalue weighted by atomic mass is 9.67. The maximum Gasteiger partial charge on any atom is 0.224 e. The van der Waals surface area contributed by atoms with E-state index >= 15 is 0 Å². The number of aliphatic hydroxyl groups excluding tert-OH is 1. The van der Waals surface area contributed by atoms with E-state index in [-0.39, 0.29) is 12.6 Å². The highest BCUT2D eigenvalue weighted by molar-refractivity contribution is 5.78. The lowest BCUT2D eigenvalue weighted by molar-refractivity contribution is -0.152. The van der Waals surface area contributed by atoms with Crippen LogP contribution in [0.2, 0.25) is 0 Å². The molecule has 124 valence electrons. The molecule has 5 unspecified atom stereocenters. The van der Waals surface area contributed by atoms with Crippen molar-refractivity contribution in [3.05, 3.63) is 0 Å². The van der Waals surface area contributed by atoms with Gasteiger partial charge < -0.3 is 15.3 Å². The van der Waals surface area contributed by atoms with Crippen LogP contribution in [0.15, 0.2) is 0 Å². The number of nitrogens with zero attached hydrogens (tertiary/aromatic N) is 2. The van der Waals surface area contributed by atoms with E-state index < -0.39 is 0 Å². The molecule has 0 bridgehead atoms. The van der Waals surface area contributed by atoms with E-state index in [9.17, 15) is 4.79 Å². The first-order valence-corrected chi connectivity index (χ1v) is 9.15. The van der Waals surface area contributed by atoms with Crippen molar-refractivity contribution in [2.24, 2.45) is 11.8 Å². The van der Waals surface area contributed by atoms with Crippen LogP contribution < -0.4 is 5.32 Å². The fraction of sp³-hybridized carbons (Fsp3) is 0.941. The number of hydrogen-bond donors (Lipinski definition) is 2. The maximum absolute atomic E-state index is 12.6. The highest BCUT2D eigenvalue weighted by Crippen LogP contribution is 2.44. The molecule has 0 saturated carbocycles. The molecule has 0 spiro atoms. The zero-order chi connectivity index (χ0) is 15.1. The average molecular weight is 307 g/mol. The van der Waals surface area contributed by atoms with Crippen LogP contribution in [0.3, 0.4) is 0 Å². The number of amides is 1. The van der Waals surface area contributed by atoms with E-state index in [1.54, 1.807) is 0 Å². The Kier molecular flexibility index (Phi) is 4.13. The lowest BCUT2D eigenvalue weighted by Gasteiger charge is -2.59. The quantitative estimate of drug-likeness (QED) is 0.794. The van der Waals surface area contributed by atoms with Gasteiger partial charge in [0.25, 0.3) is 0 Å². The molecule has 0 aromatic heterocycles. The first-order valence-electron chi connectivity index (χ1n) is 9.15. The Morgan fingerprint density at radius 2 is 2.05 bits per heavy atom. The molecule has 2 N–H and O–H groups in total. The van der Waals surface area contributed by atoms with Gasteiger partial charge in [-0.3, -0.25) is 9.69 Å². The van der Waals surface area contributed by atoms with Crippen LogP contribution >= 0.6 is 0 Å². The number of nitrogens with one attached hydrogen (secondary N) is 1. The number of aliphatic hydroxyl groups is 1. The summed E-state index contributed by atoms with van der Waals surface area (Å²) in [5, 5.41) is 12.4. The molecule has 4 heterocycles. The van der Waals surface area contributed by atoms with E-state index in [1.807, 2.05) is 0 Å². The van der Waals surface area contributed by atoms with Gasteiger partial charge in [-0.2, -0.15) is 0 Å². The summed E-state index contributed by atoms with van der Waals surface area (Å²) >= 11 is 0. The van der Waals surface area contributed by atoms with Gasteiger partial charge in [-0.05, 0) is 57.0 Å². The summed E-state index contributed by atoms with van der Waals surface area (Å²) in [7, 11) is 0. The third-order valence-electron chi connectivity index (χ3n) is 6.48. The van der Waals surface area contributed by atoms with E-state index in [0.717, 1.165) is 19.0 Å². The van der Waals surface area contributed by atoms with Gasteiger partial charge in [0.1, 0.15) is 0 Å². The van der Waals surface area contributed by atoms with Gasteiger partial charge in [0, 0.05) is 37.6 Å². The molecule has 5 nitrogen and oxygen atoms in total. The highest BCUT2D eigenvalue weighted by Gasteiger charge is 2.51. The molecule has 22 heavy (non-hydrogen) atoms. The molecule has 4 aliphatic rings. The smallest absolute Gasteiger partial charge is 0.224 e. The standard InChI is InChI=1S/C17H29N3O2/c21-8-5-18-13-9-15-14-4-2-7-19-6-1-3-12(17(14)19)11-20(15)16(22)10-13/h12-15,17-18,21H,1-11H2. The topological polar surface area (TPSA) is 55.8 Å². The second kappa shape index (κ2) is 6.10. The Hall–Kier alpha value is -0.650. The Bertz CT molecular complexity index is 428. The average Bonchev–Trinajstić information content (AvgIpc) is 2.54. The molecule has 4 saturated heterocycles. The SMILES string of the molecule is O=C1CC(NCCO)CC2C3CCCN4CCCC(CN12)C34. The lowest BCUT2D eigenvalue weighted by Crippen LogP contribution is -2.68. The maximum atomic E-state index is 12.6. The van der Waals surface area contributed by atoms with E-state index in [4.69, 9.17) is 5.11 Å². The fourth-order valence-electron chi connectivity index (χ4n) is 5.71. The fourth-order valence-corrected chi connectivity index (χ4v) is 5.71. The van der Waals surface area contributed by atoms with Gasteiger partial charge in [-0.25, -0.2) is 0 Å². The van der Waals surface area contributed by atoms with E-state index in [2.05, 4.69) is 15.1 Å². The van der Waals surface area contributed by atoms with Gasteiger partial charge >= 0.3 is 0 Å². The second-order valence-electron chi connectivity index (χ2n) is 7.66. The van der Waals surface area contributed by atoms with Gasteiger partial charge in [0.15, 0.2) is 0 Å². The molecular formula is C17H29N3O2. The summed E-state index contributed by atoms with van der Waals surface area (Å²) < 4.78 is 0. The van der Waals surface area contributed by atoms with Crippen molar-refractivity contribution >= 4 is 5.91 Å². The minimum atomic E-state index is 0.154. The zero-order valence-corrected chi connectivity index (χ0v) is 13.4. The third kappa shape index (κ3) is 2.47. The van der Waals surface area contributed by atoms with Crippen molar-refractivity contribution in [1.29, 1.82) is 0 Å². The summed E-state index contributed by atoms with van der Waals surface area (Å²) in [6.45, 7) is 4.29. The normalized spacial score (nSPS) is 42.0. The van der Waals surface area contributed by atoms with E-state index in [1.165, 1.54) is 38.8 Å².